The van der Waals surface area contributed by atoms with Crippen molar-refractivity contribution in [1.82, 2.24) is 10.2 Å². The quantitative estimate of drug-likeness (QED) is 0.433. The number of carbonyl (C=O) groups excluding carboxylic acids is 3. The minimum absolute atomic E-state index is 0.0758. The van der Waals surface area contributed by atoms with Crippen molar-refractivity contribution < 1.29 is 23.9 Å². The Labute approximate surface area is 161 Å². The predicted octanol–water partition coefficient (Wildman–Crippen LogP) is 1.47. The molecule has 1 saturated heterocycles. The summed E-state index contributed by atoms with van der Waals surface area (Å²) in [6.07, 6.45) is 1.47. The number of β-lactam (4-membered cyclic amide) rings is 1. The standard InChI is InChI=1S/C19H20N2O5S/c1-3-9-25-19(24)16-12(2)11-27-18-15(17(23)21(16)18)20-14(22)10-26-13-7-5-4-6-8-13/h3-8,15,18H,1,9-11H2,2H3,(H,20,22)/t15-,18+/m1/s1. The van der Waals surface area contributed by atoms with Crippen LogP contribution in [-0.4, -0.2) is 53.1 Å². The first-order valence-corrected chi connectivity index (χ1v) is 9.47. The molecular formula is C19H20N2O5S. The maximum atomic E-state index is 12.5. The van der Waals surface area contributed by atoms with E-state index in [4.69, 9.17) is 9.47 Å². The summed E-state index contributed by atoms with van der Waals surface area (Å²) in [6.45, 7) is 5.19. The van der Waals surface area contributed by atoms with Crippen molar-refractivity contribution in [3.63, 3.8) is 0 Å². The third-order valence-electron chi connectivity index (χ3n) is 4.11. The minimum Gasteiger partial charge on any atom is -0.484 e. The predicted molar refractivity (Wildman–Crippen MR) is 101 cm³/mol. The normalized spacial score (nSPS) is 21.1. The molecule has 27 heavy (non-hydrogen) atoms. The van der Waals surface area contributed by atoms with Crippen molar-refractivity contribution in [2.45, 2.75) is 18.3 Å². The molecule has 0 saturated carbocycles. The summed E-state index contributed by atoms with van der Waals surface area (Å²) in [4.78, 5) is 38.3. The lowest BCUT2D eigenvalue weighted by molar-refractivity contribution is -0.152. The SMILES string of the molecule is C=CCOC(=O)C1=C(C)CS[C@H]2[C@H](NC(=O)COc3ccccc3)C(=O)N12. The number of thioether (sulfide) groups is 1. The van der Waals surface area contributed by atoms with E-state index in [0.29, 0.717) is 11.5 Å². The van der Waals surface area contributed by atoms with Crippen LogP contribution in [0.4, 0.5) is 0 Å². The van der Waals surface area contributed by atoms with Gasteiger partial charge in [0.1, 0.15) is 29.5 Å². The average molecular weight is 388 g/mol. The molecular weight excluding hydrogens is 368 g/mol. The second-order valence-electron chi connectivity index (χ2n) is 6.07. The molecule has 0 bridgehead atoms. The summed E-state index contributed by atoms with van der Waals surface area (Å²) < 4.78 is 10.5. The van der Waals surface area contributed by atoms with Crippen LogP contribution in [0.5, 0.6) is 5.75 Å². The molecule has 0 aromatic heterocycles. The van der Waals surface area contributed by atoms with Gasteiger partial charge in [0.15, 0.2) is 6.61 Å². The highest BCUT2D eigenvalue weighted by Gasteiger charge is 2.53. The number of hydrogen-bond acceptors (Lipinski definition) is 6. The van der Waals surface area contributed by atoms with E-state index in [1.54, 1.807) is 31.2 Å². The van der Waals surface area contributed by atoms with Crippen LogP contribution in [0.15, 0.2) is 54.3 Å². The van der Waals surface area contributed by atoms with E-state index >= 15 is 0 Å². The molecule has 0 radical (unpaired) electrons. The second kappa shape index (κ2) is 8.30. The molecule has 2 aliphatic rings. The van der Waals surface area contributed by atoms with E-state index in [1.807, 2.05) is 6.07 Å². The Morgan fingerprint density at radius 1 is 1.37 bits per heavy atom. The Balaban J connectivity index is 1.59. The van der Waals surface area contributed by atoms with Crippen LogP contribution in [-0.2, 0) is 19.1 Å². The summed E-state index contributed by atoms with van der Waals surface area (Å²) in [5, 5.41) is 2.36. The zero-order valence-corrected chi connectivity index (χ0v) is 15.7. The first-order valence-electron chi connectivity index (χ1n) is 8.42. The van der Waals surface area contributed by atoms with Crippen molar-refractivity contribution >= 4 is 29.5 Å². The number of amides is 2. The topological polar surface area (TPSA) is 84.9 Å². The van der Waals surface area contributed by atoms with Gasteiger partial charge in [0.2, 0.25) is 0 Å². The van der Waals surface area contributed by atoms with Crippen LogP contribution >= 0.6 is 11.8 Å². The fraction of sp³-hybridized carbons (Fsp3) is 0.316. The molecule has 0 spiro atoms. The van der Waals surface area contributed by atoms with Crippen LogP contribution in [0, 0.1) is 0 Å². The average Bonchev–Trinajstić information content (AvgIpc) is 2.69. The Hall–Kier alpha value is -2.74. The van der Waals surface area contributed by atoms with Gasteiger partial charge in [0.25, 0.3) is 11.8 Å². The number of rotatable bonds is 7. The number of benzene rings is 1. The molecule has 0 unspecified atom stereocenters. The third kappa shape index (κ3) is 4.00. The number of nitrogens with zero attached hydrogens (tertiary/aromatic N) is 1. The third-order valence-corrected chi connectivity index (χ3v) is 5.54. The molecule has 2 heterocycles. The van der Waals surface area contributed by atoms with Crippen LogP contribution in [0.25, 0.3) is 0 Å². The molecule has 3 rings (SSSR count). The summed E-state index contributed by atoms with van der Waals surface area (Å²) >= 11 is 1.50. The van der Waals surface area contributed by atoms with Gasteiger partial charge < -0.3 is 14.8 Å². The van der Waals surface area contributed by atoms with Gasteiger partial charge in [0, 0.05) is 5.75 Å². The molecule has 0 aliphatic carbocycles. The monoisotopic (exact) mass is 388 g/mol. The summed E-state index contributed by atoms with van der Waals surface area (Å²) in [6, 6.07) is 8.27. The van der Waals surface area contributed by atoms with Gasteiger partial charge in [-0.1, -0.05) is 30.9 Å². The van der Waals surface area contributed by atoms with Gasteiger partial charge in [0.05, 0.1) is 0 Å². The molecule has 1 aromatic rings. The fourth-order valence-electron chi connectivity index (χ4n) is 2.85. The van der Waals surface area contributed by atoms with Gasteiger partial charge in [-0.2, -0.15) is 0 Å². The van der Waals surface area contributed by atoms with Crippen molar-refractivity contribution in [1.29, 1.82) is 0 Å². The van der Waals surface area contributed by atoms with Gasteiger partial charge in [-0.25, -0.2) is 4.79 Å². The summed E-state index contributed by atoms with van der Waals surface area (Å²) in [5.41, 5.74) is 1.03. The lowest BCUT2D eigenvalue weighted by atomic mass is 10.0. The smallest absolute Gasteiger partial charge is 0.355 e. The first-order chi connectivity index (χ1) is 13.0. The number of esters is 1. The molecule has 7 nitrogen and oxygen atoms in total. The van der Waals surface area contributed by atoms with Gasteiger partial charge in [-0.15, -0.1) is 11.8 Å². The highest BCUT2D eigenvalue weighted by molar-refractivity contribution is 8.00. The Bertz CT molecular complexity index is 793. The molecule has 2 amide bonds. The lowest BCUT2D eigenvalue weighted by Gasteiger charge is -2.49. The molecule has 2 atom stereocenters. The summed E-state index contributed by atoms with van der Waals surface area (Å²) in [7, 11) is 0. The van der Waals surface area contributed by atoms with E-state index in [0.717, 1.165) is 5.57 Å². The van der Waals surface area contributed by atoms with Crippen molar-refractivity contribution in [2.24, 2.45) is 0 Å². The van der Waals surface area contributed by atoms with Crippen LogP contribution in [0.2, 0.25) is 0 Å². The minimum atomic E-state index is -0.683. The molecule has 2 aliphatic heterocycles. The zero-order chi connectivity index (χ0) is 19.4. The van der Waals surface area contributed by atoms with Crippen molar-refractivity contribution in [3.8, 4) is 5.75 Å². The maximum absolute atomic E-state index is 12.5. The number of hydrogen-bond donors (Lipinski definition) is 1. The van der Waals surface area contributed by atoms with E-state index in [9.17, 15) is 14.4 Å². The van der Waals surface area contributed by atoms with Crippen molar-refractivity contribution in [3.05, 3.63) is 54.3 Å². The fourth-order valence-corrected chi connectivity index (χ4v) is 4.14. The van der Waals surface area contributed by atoms with E-state index < -0.39 is 12.0 Å². The van der Waals surface area contributed by atoms with Crippen LogP contribution < -0.4 is 10.1 Å². The zero-order valence-electron chi connectivity index (χ0n) is 14.8. The van der Waals surface area contributed by atoms with Gasteiger partial charge in [-0.05, 0) is 24.6 Å². The van der Waals surface area contributed by atoms with Crippen LogP contribution in [0.3, 0.4) is 0 Å². The highest BCUT2D eigenvalue weighted by Crippen LogP contribution is 2.40. The number of carbonyl (C=O) groups is 3. The maximum Gasteiger partial charge on any atom is 0.355 e. The molecule has 8 heteroatoms. The van der Waals surface area contributed by atoms with Crippen LogP contribution in [0.1, 0.15) is 6.92 Å². The highest BCUT2D eigenvalue weighted by atomic mass is 32.2. The number of nitrogens with one attached hydrogen (secondary N) is 1. The van der Waals surface area contributed by atoms with Gasteiger partial charge >= 0.3 is 5.97 Å². The van der Waals surface area contributed by atoms with Gasteiger partial charge in [-0.3, -0.25) is 14.5 Å². The Morgan fingerprint density at radius 3 is 2.81 bits per heavy atom. The number of fused-ring (bicyclic) bond motifs is 1. The second-order valence-corrected chi connectivity index (χ2v) is 7.18. The molecule has 1 aromatic carbocycles. The Kier molecular flexibility index (Phi) is 5.85. The van der Waals surface area contributed by atoms with E-state index in [-0.39, 0.29) is 36.1 Å². The Morgan fingerprint density at radius 2 is 2.11 bits per heavy atom. The molecule has 1 N–H and O–H groups in total. The van der Waals surface area contributed by atoms with E-state index in [2.05, 4.69) is 11.9 Å². The number of ether oxygens (including phenoxy) is 2. The number of para-hydroxylation sites is 1. The molecule has 1 fully saturated rings. The lowest BCUT2D eigenvalue weighted by Crippen LogP contribution is -2.70. The largest absolute Gasteiger partial charge is 0.484 e. The van der Waals surface area contributed by atoms with E-state index in [1.165, 1.54) is 22.7 Å². The first kappa shape index (κ1) is 19.0. The summed E-state index contributed by atoms with van der Waals surface area (Å²) in [5.74, 6) is -0.111. The molecule has 142 valence electrons. The van der Waals surface area contributed by atoms with Crippen molar-refractivity contribution in [2.75, 3.05) is 19.0 Å².